The van der Waals surface area contributed by atoms with Gasteiger partial charge in [0.05, 0.1) is 19.3 Å². The van der Waals surface area contributed by atoms with Crippen molar-refractivity contribution in [3.05, 3.63) is 36.7 Å². The van der Waals surface area contributed by atoms with Gasteiger partial charge in [0, 0.05) is 20.3 Å². The Morgan fingerprint density at radius 3 is 3.00 bits per heavy atom. The molecule has 0 unspecified atom stereocenters. The average Bonchev–Trinajstić information content (AvgIpc) is 2.93. The van der Waals surface area contributed by atoms with Crippen LogP contribution in [0.25, 0.3) is 0 Å². The summed E-state index contributed by atoms with van der Waals surface area (Å²) in [6, 6.07) is 3.71. The third kappa shape index (κ3) is 4.75. The second-order valence-electron chi connectivity index (χ2n) is 4.19. The second-order valence-corrected chi connectivity index (χ2v) is 4.19. The Kier molecular flexibility index (Phi) is 5.50. The molecule has 0 aliphatic rings. The van der Waals surface area contributed by atoms with Crippen LogP contribution >= 0.6 is 0 Å². The molecular formula is C13H19N7O. The van der Waals surface area contributed by atoms with Crippen molar-refractivity contribution >= 4 is 5.96 Å². The highest BCUT2D eigenvalue weighted by Crippen LogP contribution is 2.04. The summed E-state index contributed by atoms with van der Waals surface area (Å²) in [5.41, 5.74) is 0. The fourth-order valence-electron chi connectivity index (χ4n) is 1.63. The highest BCUT2D eigenvalue weighted by Gasteiger charge is 2.02. The van der Waals surface area contributed by atoms with Gasteiger partial charge in [0.2, 0.25) is 0 Å². The number of aliphatic imine (C=N–C) groups is 1. The van der Waals surface area contributed by atoms with Crippen molar-refractivity contribution in [1.82, 2.24) is 30.4 Å². The van der Waals surface area contributed by atoms with Crippen molar-refractivity contribution in [2.75, 3.05) is 20.2 Å². The number of hydrogen-bond donors (Lipinski definition) is 2. The monoisotopic (exact) mass is 289 g/mol. The van der Waals surface area contributed by atoms with E-state index in [4.69, 9.17) is 4.74 Å². The number of nitrogens with one attached hydrogen (secondary N) is 2. The number of aromatic nitrogens is 4. The van der Waals surface area contributed by atoms with Crippen molar-refractivity contribution < 1.29 is 4.74 Å². The Hall–Kier alpha value is -2.64. The number of guanidine groups is 1. The fraction of sp³-hybridized carbons (Fsp3) is 0.385. The van der Waals surface area contributed by atoms with E-state index in [0.717, 1.165) is 11.6 Å². The summed E-state index contributed by atoms with van der Waals surface area (Å²) in [4.78, 5) is 12.2. The smallest absolute Gasteiger partial charge is 0.191 e. The van der Waals surface area contributed by atoms with Gasteiger partial charge < -0.3 is 15.4 Å². The summed E-state index contributed by atoms with van der Waals surface area (Å²) in [7, 11) is 3.57. The van der Waals surface area contributed by atoms with Crippen LogP contribution in [0.2, 0.25) is 0 Å². The van der Waals surface area contributed by atoms with E-state index >= 15 is 0 Å². The Labute approximate surface area is 123 Å². The van der Waals surface area contributed by atoms with Gasteiger partial charge in [-0.2, -0.15) is 5.10 Å². The second kappa shape index (κ2) is 7.83. The number of rotatable bonds is 6. The van der Waals surface area contributed by atoms with Crippen LogP contribution in [-0.2, 0) is 13.6 Å². The van der Waals surface area contributed by atoms with E-state index in [1.807, 2.05) is 19.2 Å². The Morgan fingerprint density at radius 1 is 1.43 bits per heavy atom. The molecule has 0 amide bonds. The van der Waals surface area contributed by atoms with E-state index < -0.39 is 0 Å². The standard InChI is InChI=1S/C13H19N7O/c1-14-13(17-9-12-18-10-19-20(12)2)16-6-7-21-11-4-3-5-15-8-11/h3-5,8,10H,6-7,9H2,1-2H3,(H2,14,16,17). The summed E-state index contributed by atoms with van der Waals surface area (Å²) >= 11 is 0. The van der Waals surface area contributed by atoms with Crippen molar-refractivity contribution in [1.29, 1.82) is 0 Å². The molecule has 0 fully saturated rings. The molecule has 0 aliphatic carbocycles. The Bertz CT molecular complexity index is 567. The predicted molar refractivity (Wildman–Crippen MR) is 78.9 cm³/mol. The lowest BCUT2D eigenvalue weighted by atomic mass is 10.5. The molecule has 2 rings (SSSR count). The van der Waals surface area contributed by atoms with Gasteiger partial charge in [-0.05, 0) is 12.1 Å². The summed E-state index contributed by atoms with van der Waals surface area (Å²) in [6.45, 7) is 1.71. The molecule has 8 heteroatoms. The molecule has 2 aromatic heterocycles. The van der Waals surface area contributed by atoms with Crippen molar-refractivity contribution in [3.63, 3.8) is 0 Å². The number of aryl methyl sites for hydroxylation is 1. The van der Waals surface area contributed by atoms with Gasteiger partial charge in [-0.15, -0.1) is 0 Å². The lowest BCUT2D eigenvalue weighted by Crippen LogP contribution is -2.39. The Morgan fingerprint density at radius 2 is 2.33 bits per heavy atom. The minimum absolute atomic E-state index is 0.524. The van der Waals surface area contributed by atoms with Crippen LogP contribution in [0.5, 0.6) is 5.75 Å². The third-order valence-corrected chi connectivity index (χ3v) is 2.74. The van der Waals surface area contributed by atoms with Gasteiger partial charge in [0.15, 0.2) is 5.96 Å². The van der Waals surface area contributed by atoms with E-state index in [1.165, 1.54) is 6.33 Å². The average molecular weight is 289 g/mol. The molecule has 21 heavy (non-hydrogen) atoms. The zero-order chi connectivity index (χ0) is 14.9. The maximum Gasteiger partial charge on any atom is 0.191 e. The molecule has 0 atom stereocenters. The largest absolute Gasteiger partial charge is 0.490 e. The topological polar surface area (TPSA) is 89.2 Å². The highest BCUT2D eigenvalue weighted by atomic mass is 16.5. The number of nitrogens with zero attached hydrogens (tertiary/aromatic N) is 5. The first kappa shape index (κ1) is 14.8. The molecule has 0 saturated carbocycles. The van der Waals surface area contributed by atoms with Gasteiger partial charge >= 0.3 is 0 Å². The number of hydrogen-bond acceptors (Lipinski definition) is 5. The normalized spacial score (nSPS) is 11.2. The van der Waals surface area contributed by atoms with Crippen LogP contribution in [0, 0.1) is 0 Å². The van der Waals surface area contributed by atoms with Crippen LogP contribution < -0.4 is 15.4 Å². The van der Waals surface area contributed by atoms with E-state index in [9.17, 15) is 0 Å². The fourth-order valence-corrected chi connectivity index (χ4v) is 1.63. The van der Waals surface area contributed by atoms with Crippen LogP contribution in [0.1, 0.15) is 5.82 Å². The summed E-state index contributed by atoms with van der Waals surface area (Å²) < 4.78 is 7.25. The van der Waals surface area contributed by atoms with E-state index in [1.54, 1.807) is 24.1 Å². The van der Waals surface area contributed by atoms with E-state index in [0.29, 0.717) is 25.7 Å². The molecule has 0 aromatic carbocycles. The molecule has 0 spiro atoms. The summed E-state index contributed by atoms with van der Waals surface area (Å²) in [5.74, 6) is 2.28. The maximum absolute atomic E-state index is 5.54. The van der Waals surface area contributed by atoms with Crippen LogP contribution in [-0.4, -0.2) is 45.9 Å². The molecule has 2 aromatic rings. The third-order valence-electron chi connectivity index (χ3n) is 2.74. The first-order chi connectivity index (χ1) is 10.3. The van der Waals surface area contributed by atoms with Gasteiger partial charge in [0.1, 0.15) is 24.5 Å². The van der Waals surface area contributed by atoms with Crippen molar-refractivity contribution in [3.8, 4) is 5.75 Å². The highest BCUT2D eigenvalue weighted by molar-refractivity contribution is 5.79. The minimum atomic E-state index is 0.524. The minimum Gasteiger partial charge on any atom is -0.490 e. The predicted octanol–water partition coefficient (Wildman–Crippen LogP) is -0.0459. The number of pyridine rings is 1. The molecule has 0 radical (unpaired) electrons. The lowest BCUT2D eigenvalue weighted by Gasteiger charge is -2.12. The van der Waals surface area contributed by atoms with Crippen LogP contribution in [0.4, 0.5) is 0 Å². The molecule has 2 N–H and O–H groups in total. The molecule has 112 valence electrons. The van der Waals surface area contributed by atoms with Gasteiger partial charge in [-0.25, -0.2) is 4.98 Å². The van der Waals surface area contributed by atoms with Gasteiger partial charge in [0.25, 0.3) is 0 Å². The van der Waals surface area contributed by atoms with E-state index in [2.05, 4.69) is 30.7 Å². The quantitative estimate of drug-likeness (QED) is 0.440. The van der Waals surface area contributed by atoms with Crippen LogP contribution in [0.3, 0.4) is 0 Å². The molecule has 2 heterocycles. The molecule has 0 bridgehead atoms. The molecule has 0 aliphatic heterocycles. The van der Waals surface area contributed by atoms with Gasteiger partial charge in [-0.3, -0.25) is 14.7 Å². The zero-order valence-electron chi connectivity index (χ0n) is 12.2. The Balaban J connectivity index is 1.67. The first-order valence-electron chi connectivity index (χ1n) is 6.60. The summed E-state index contributed by atoms with van der Waals surface area (Å²) in [5, 5.41) is 10.3. The molecule has 8 nitrogen and oxygen atoms in total. The summed E-state index contributed by atoms with van der Waals surface area (Å²) in [6.07, 6.45) is 4.92. The SMILES string of the molecule is CN=C(NCCOc1cccnc1)NCc1ncnn1C. The van der Waals surface area contributed by atoms with Crippen molar-refractivity contribution in [2.24, 2.45) is 12.0 Å². The first-order valence-corrected chi connectivity index (χ1v) is 6.60. The van der Waals surface area contributed by atoms with Crippen LogP contribution in [0.15, 0.2) is 35.8 Å². The van der Waals surface area contributed by atoms with Crippen molar-refractivity contribution in [2.45, 2.75) is 6.54 Å². The lowest BCUT2D eigenvalue weighted by molar-refractivity contribution is 0.320. The molecular weight excluding hydrogens is 270 g/mol. The number of ether oxygens (including phenoxy) is 1. The van der Waals surface area contributed by atoms with Gasteiger partial charge in [-0.1, -0.05) is 0 Å². The van der Waals surface area contributed by atoms with E-state index in [-0.39, 0.29) is 0 Å². The zero-order valence-corrected chi connectivity index (χ0v) is 12.2. The molecule has 0 saturated heterocycles. The maximum atomic E-state index is 5.54.